The summed E-state index contributed by atoms with van der Waals surface area (Å²) in [5.74, 6) is 1.08. The number of hydrogen-bond donors (Lipinski definition) is 2. The van der Waals surface area contributed by atoms with Gasteiger partial charge in [0.25, 0.3) is 0 Å². The van der Waals surface area contributed by atoms with Crippen molar-refractivity contribution in [1.82, 2.24) is 5.32 Å². The van der Waals surface area contributed by atoms with Gasteiger partial charge in [-0.25, -0.2) is 0 Å². The number of carbonyl (C=O) groups excluding carboxylic acids is 1. The van der Waals surface area contributed by atoms with Crippen LogP contribution in [0.25, 0.3) is 0 Å². The Kier molecular flexibility index (Phi) is 5.96. The van der Waals surface area contributed by atoms with E-state index >= 15 is 0 Å². The maximum atomic E-state index is 11.6. The third kappa shape index (κ3) is 6.06. The highest BCUT2D eigenvalue weighted by Crippen LogP contribution is 2.29. The lowest BCUT2D eigenvalue weighted by Gasteiger charge is -2.25. The summed E-state index contributed by atoms with van der Waals surface area (Å²) in [7, 11) is 0. The van der Waals surface area contributed by atoms with Crippen LogP contribution in [0.5, 0.6) is 0 Å². The van der Waals surface area contributed by atoms with Crippen molar-refractivity contribution >= 4 is 5.91 Å². The molecule has 1 saturated carbocycles. The first-order chi connectivity index (χ1) is 8.03. The SMILES string of the molecule is CC(C)(CCN)CCC(=O)NCCC1CCC1. The van der Waals surface area contributed by atoms with Crippen LogP contribution in [0.2, 0.25) is 0 Å². The van der Waals surface area contributed by atoms with Crippen LogP contribution in [0.1, 0.15) is 58.8 Å². The van der Waals surface area contributed by atoms with Crippen molar-refractivity contribution in [3.05, 3.63) is 0 Å². The molecule has 0 bridgehead atoms. The highest BCUT2D eigenvalue weighted by atomic mass is 16.1. The Hall–Kier alpha value is -0.570. The van der Waals surface area contributed by atoms with Gasteiger partial charge in [0.05, 0.1) is 0 Å². The van der Waals surface area contributed by atoms with Crippen LogP contribution in [-0.4, -0.2) is 19.0 Å². The second kappa shape index (κ2) is 7.00. The summed E-state index contributed by atoms with van der Waals surface area (Å²) in [5, 5.41) is 3.03. The summed E-state index contributed by atoms with van der Waals surface area (Å²) in [6, 6.07) is 0. The van der Waals surface area contributed by atoms with Crippen molar-refractivity contribution in [3.8, 4) is 0 Å². The zero-order valence-corrected chi connectivity index (χ0v) is 11.4. The van der Waals surface area contributed by atoms with E-state index in [0.717, 1.165) is 31.7 Å². The molecular formula is C14H28N2O. The van der Waals surface area contributed by atoms with Gasteiger partial charge >= 0.3 is 0 Å². The average Bonchev–Trinajstić information content (AvgIpc) is 2.19. The van der Waals surface area contributed by atoms with Crippen LogP contribution in [0, 0.1) is 11.3 Å². The van der Waals surface area contributed by atoms with E-state index in [2.05, 4.69) is 19.2 Å². The zero-order valence-electron chi connectivity index (χ0n) is 11.4. The van der Waals surface area contributed by atoms with Crippen LogP contribution in [0.3, 0.4) is 0 Å². The number of carbonyl (C=O) groups is 1. The topological polar surface area (TPSA) is 55.1 Å². The van der Waals surface area contributed by atoms with Crippen LogP contribution in [0.4, 0.5) is 0 Å². The van der Waals surface area contributed by atoms with Gasteiger partial charge in [0.1, 0.15) is 0 Å². The summed E-state index contributed by atoms with van der Waals surface area (Å²) >= 11 is 0. The largest absolute Gasteiger partial charge is 0.356 e. The molecule has 1 fully saturated rings. The van der Waals surface area contributed by atoms with Gasteiger partial charge in [-0.3, -0.25) is 4.79 Å². The van der Waals surface area contributed by atoms with Gasteiger partial charge in [-0.05, 0) is 37.1 Å². The van der Waals surface area contributed by atoms with Gasteiger partial charge in [0.2, 0.25) is 5.91 Å². The maximum absolute atomic E-state index is 11.6. The van der Waals surface area contributed by atoms with Gasteiger partial charge in [-0.2, -0.15) is 0 Å². The quantitative estimate of drug-likeness (QED) is 0.684. The lowest BCUT2D eigenvalue weighted by Crippen LogP contribution is -2.28. The maximum Gasteiger partial charge on any atom is 0.220 e. The van der Waals surface area contributed by atoms with Crippen molar-refractivity contribution in [2.45, 2.75) is 58.8 Å². The minimum atomic E-state index is 0.195. The Bertz CT molecular complexity index is 234. The number of nitrogens with one attached hydrogen (secondary N) is 1. The van der Waals surface area contributed by atoms with Crippen molar-refractivity contribution in [3.63, 3.8) is 0 Å². The first kappa shape index (κ1) is 14.5. The minimum absolute atomic E-state index is 0.195. The Morgan fingerprint density at radius 2 is 2.06 bits per heavy atom. The van der Waals surface area contributed by atoms with E-state index in [0.29, 0.717) is 13.0 Å². The van der Waals surface area contributed by atoms with Crippen LogP contribution in [-0.2, 0) is 4.79 Å². The lowest BCUT2D eigenvalue weighted by atomic mass is 9.83. The van der Waals surface area contributed by atoms with Gasteiger partial charge < -0.3 is 11.1 Å². The molecule has 0 aromatic heterocycles. The molecule has 0 spiro atoms. The molecule has 3 nitrogen and oxygen atoms in total. The molecule has 0 aromatic carbocycles. The van der Waals surface area contributed by atoms with E-state index in [-0.39, 0.29) is 11.3 Å². The molecule has 0 aliphatic heterocycles. The van der Waals surface area contributed by atoms with E-state index in [1.54, 1.807) is 0 Å². The Labute approximate surface area is 106 Å². The zero-order chi connectivity index (χ0) is 12.7. The molecule has 1 aliphatic rings. The van der Waals surface area contributed by atoms with Gasteiger partial charge in [0, 0.05) is 13.0 Å². The van der Waals surface area contributed by atoms with Gasteiger partial charge in [-0.15, -0.1) is 0 Å². The molecule has 1 aliphatic carbocycles. The number of amides is 1. The molecule has 0 unspecified atom stereocenters. The molecule has 3 heteroatoms. The van der Waals surface area contributed by atoms with Crippen molar-refractivity contribution in [2.24, 2.45) is 17.1 Å². The molecule has 17 heavy (non-hydrogen) atoms. The predicted molar refractivity (Wildman–Crippen MR) is 71.7 cm³/mol. The Morgan fingerprint density at radius 3 is 2.59 bits per heavy atom. The summed E-state index contributed by atoms with van der Waals surface area (Å²) in [6.45, 7) is 5.93. The monoisotopic (exact) mass is 240 g/mol. The third-order valence-electron chi connectivity index (χ3n) is 3.95. The average molecular weight is 240 g/mol. The Morgan fingerprint density at radius 1 is 1.35 bits per heavy atom. The number of rotatable bonds is 8. The molecule has 0 radical (unpaired) electrons. The van der Waals surface area contributed by atoms with E-state index in [4.69, 9.17) is 5.73 Å². The van der Waals surface area contributed by atoms with Crippen molar-refractivity contribution in [2.75, 3.05) is 13.1 Å². The van der Waals surface area contributed by atoms with E-state index < -0.39 is 0 Å². The normalized spacial score (nSPS) is 16.6. The molecule has 0 saturated heterocycles. The first-order valence-corrected chi connectivity index (χ1v) is 7.00. The van der Waals surface area contributed by atoms with E-state index in [1.807, 2.05) is 0 Å². The summed E-state index contributed by atoms with van der Waals surface area (Å²) < 4.78 is 0. The first-order valence-electron chi connectivity index (χ1n) is 7.00. The molecule has 1 rings (SSSR count). The molecule has 3 N–H and O–H groups in total. The molecule has 1 amide bonds. The summed E-state index contributed by atoms with van der Waals surface area (Å²) in [5.41, 5.74) is 5.75. The van der Waals surface area contributed by atoms with Gasteiger partial charge in [-0.1, -0.05) is 33.1 Å². The number of hydrogen-bond acceptors (Lipinski definition) is 2. The lowest BCUT2D eigenvalue weighted by molar-refractivity contribution is -0.121. The van der Waals surface area contributed by atoms with E-state index in [9.17, 15) is 4.79 Å². The molecule has 100 valence electrons. The van der Waals surface area contributed by atoms with E-state index in [1.165, 1.54) is 19.3 Å². The van der Waals surface area contributed by atoms with Crippen LogP contribution in [0.15, 0.2) is 0 Å². The fourth-order valence-corrected chi connectivity index (χ4v) is 2.25. The molecule has 0 atom stereocenters. The van der Waals surface area contributed by atoms with Crippen molar-refractivity contribution in [1.29, 1.82) is 0 Å². The molecule has 0 heterocycles. The highest BCUT2D eigenvalue weighted by molar-refractivity contribution is 5.75. The highest BCUT2D eigenvalue weighted by Gasteiger charge is 2.19. The fraction of sp³-hybridized carbons (Fsp3) is 0.929. The van der Waals surface area contributed by atoms with Gasteiger partial charge in [0.15, 0.2) is 0 Å². The molecule has 0 aromatic rings. The second-order valence-electron chi connectivity index (χ2n) is 6.14. The molecular weight excluding hydrogens is 212 g/mol. The Balaban J connectivity index is 2.03. The predicted octanol–water partition coefficient (Wildman–Crippen LogP) is 2.45. The fourth-order valence-electron chi connectivity index (χ4n) is 2.25. The van der Waals surface area contributed by atoms with Crippen LogP contribution < -0.4 is 11.1 Å². The summed E-state index contributed by atoms with van der Waals surface area (Å²) in [4.78, 5) is 11.6. The second-order valence-corrected chi connectivity index (χ2v) is 6.14. The smallest absolute Gasteiger partial charge is 0.220 e. The minimum Gasteiger partial charge on any atom is -0.356 e. The third-order valence-corrected chi connectivity index (χ3v) is 3.95. The van der Waals surface area contributed by atoms with Crippen LogP contribution >= 0.6 is 0 Å². The number of nitrogens with two attached hydrogens (primary N) is 1. The standard InChI is InChI=1S/C14H28N2O/c1-14(2,9-10-15)8-6-13(17)16-11-7-12-4-3-5-12/h12H,3-11,15H2,1-2H3,(H,16,17). The van der Waals surface area contributed by atoms with Crippen molar-refractivity contribution < 1.29 is 4.79 Å². The summed E-state index contributed by atoms with van der Waals surface area (Å²) in [6.07, 6.45) is 7.82.